The zero-order valence-corrected chi connectivity index (χ0v) is 18.4. The maximum atomic E-state index is 12.6. The van der Waals surface area contributed by atoms with E-state index in [9.17, 15) is 14.4 Å². The average molecular weight is 456 g/mol. The molecule has 1 aliphatic rings. The molecule has 3 aromatic heterocycles. The van der Waals surface area contributed by atoms with Gasteiger partial charge in [-0.15, -0.1) is 0 Å². The monoisotopic (exact) mass is 455 g/mol. The largest absolute Gasteiger partial charge is 0.431 e. The summed E-state index contributed by atoms with van der Waals surface area (Å²) in [5.41, 5.74) is 1.25. The molecule has 32 heavy (non-hydrogen) atoms. The molecule has 1 N–H and O–H groups in total. The standard InChI is InChI=1S/C20H21N7O4S/c1-24-16-15(17(29)25(2)20(24)30)22-18(23-16)27-9-7-26(8-10-27)14(28)11-32-19-21-12-5-3-4-6-13(12)31-19/h3-6H,7-11H2,1-2H3,(H,22,23). The maximum absolute atomic E-state index is 12.6. The van der Waals surface area contributed by atoms with Gasteiger partial charge in [-0.05, 0) is 12.1 Å². The lowest BCUT2D eigenvalue weighted by Crippen LogP contribution is -2.49. The number of anilines is 1. The number of carbonyl (C=O) groups is 1. The first-order valence-corrected chi connectivity index (χ1v) is 11.1. The highest BCUT2D eigenvalue weighted by Gasteiger charge is 2.24. The first-order chi connectivity index (χ1) is 15.4. The van der Waals surface area contributed by atoms with Crippen molar-refractivity contribution in [3.05, 3.63) is 45.1 Å². The number of aryl methyl sites for hydroxylation is 1. The van der Waals surface area contributed by atoms with Gasteiger partial charge in [0.25, 0.3) is 10.8 Å². The van der Waals surface area contributed by atoms with Crippen molar-refractivity contribution in [1.82, 2.24) is 29.0 Å². The Hall–Kier alpha value is -3.54. The second-order valence-electron chi connectivity index (χ2n) is 7.57. The molecule has 1 amide bonds. The molecule has 4 heterocycles. The van der Waals surface area contributed by atoms with Crippen molar-refractivity contribution in [3.63, 3.8) is 0 Å². The highest BCUT2D eigenvalue weighted by atomic mass is 32.2. The van der Waals surface area contributed by atoms with Crippen molar-refractivity contribution in [2.24, 2.45) is 14.1 Å². The molecule has 1 aliphatic heterocycles. The van der Waals surface area contributed by atoms with Crippen molar-refractivity contribution < 1.29 is 9.21 Å². The summed E-state index contributed by atoms with van der Waals surface area (Å²) in [6.45, 7) is 2.18. The van der Waals surface area contributed by atoms with Crippen LogP contribution in [0.15, 0.2) is 43.5 Å². The normalized spacial score (nSPS) is 14.6. The van der Waals surface area contributed by atoms with Gasteiger partial charge >= 0.3 is 5.69 Å². The van der Waals surface area contributed by atoms with Gasteiger partial charge in [-0.25, -0.2) is 9.78 Å². The van der Waals surface area contributed by atoms with Gasteiger partial charge in [-0.2, -0.15) is 4.98 Å². The smallest absolute Gasteiger partial charge is 0.332 e. The van der Waals surface area contributed by atoms with Gasteiger partial charge in [0.15, 0.2) is 16.7 Å². The predicted molar refractivity (Wildman–Crippen MR) is 120 cm³/mol. The number of hydrogen-bond acceptors (Lipinski definition) is 8. The van der Waals surface area contributed by atoms with Crippen molar-refractivity contribution in [2.75, 3.05) is 36.8 Å². The van der Waals surface area contributed by atoms with Crippen LogP contribution in [0.3, 0.4) is 0 Å². The minimum absolute atomic E-state index is 0.0118. The fourth-order valence-corrected chi connectivity index (χ4v) is 4.50. The molecule has 166 valence electrons. The van der Waals surface area contributed by atoms with E-state index in [-0.39, 0.29) is 17.2 Å². The summed E-state index contributed by atoms with van der Waals surface area (Å²) < 4.78 is 8.05. The van der Waals surface area contributed by atoms with Gasteiger partial charge < -0.3 is 19.2 Å². The molecule has 0 unspecified atom stereocenters. The second-order valence-corrected chi connectivity index (χ2v) is 8.50. The number of fused-ring (bicyclic) bond motifs is 2. The lowest BCUT2D eigenvalue weighted by molar-refractivity contribution is -0.128. The molecular formula is C20H21N7O4S. The first-order valence-electron chi connectivity index (χ1n) is 10.1. The number of hydrogen-bond donors (Lipinski definition) is 1. The Balaban J connectivity index is 1.23. The molecule has 0 radical (unpaired) electrons. The zero-order valence-electron chi connectivity index (χ0n) is 17.6. The van der Waals surface area contributed by atoms with Crippen LogP contribution in [0.4, 0.5) is 5.95 Å². The molecule has 0 bridgehead atoms. The summed E-state index contributed by atoms with van der Waals surface area (Å²) >= 11 is 1.28. The summed E-state index contributed by atoms with van der Waals surface area (Å²) in [5.74, 6) is 0.777. The van der Waals surface area contributed by atoms with E-state index < -0.39 is 11.2 Å². The highest BCUT2D eigenvalue weighted by Crippen LogP contribution is 2.24. The summed E-state index contributed by atoms with van der Waals surface area (Å²) in [4.78, 5) is 52.8. The van der Waals surface area contributed by atoms with E-state index in [0.717, 1.165) is 10.1 Å². The predicted octanol–water partition coefficient (Wildman–Crippen LogP) is 0.542. The first kappa shape index (κ1) is 20.4. The molecule has 1 saturated heterocycles. The lowest BCUT2D eigenvalue weighted by atomic mass is 10.3. The number of oxazole rings is 1. The van der Waals surface area contributed by atoms with E-state index in [0.29, 0.717) is 48.6 Å². The van der Waals surface area contributed by atoms with Crippen molar-refractivity contribution in [2.45, 2.75) is 5.22 Å². The van der Waals surface area contributed by atoms with Crippen molar-refractivity contribution in [1.29, 1.82) is 0 Å². The molecule has 4 aromatic rings. The number of rotatable bonds is 4. The number of aromatic amines is 1. The topological polar surface area (TPSA) is 122 Å². The maximum Gasteiger partial charge on any atom is 0.332 e. The van der Waals surface area contributed by atoms with Crippen LogP contribution in [0.5, 0.6) is 0 Å². The Bertz CT molecular complexity index is 1410. The number of aromatic nitrogens is 5. The van der Waals surface area contributed by atoms with Crippen LogP contribution in [0.1, 0.15) is 0 Å². The van der Waals surface area contributed by atoms with Gasteiger partial charge in [0.05, 0.1) is 5.75 Å². The number of carbonyl (C=O) groups excluding carboxylic acids is 1. The Labute approximate surface area is 185 Å². The summed E-state index contributed by atoms with van der Waals surface area (Å²) in [5, 5.41) is 0.479. The van der Waals surface area contributed by atoms with Gasteiger partial charge in [0.1, 0.15) is 5.52 Å². The number of piperazine rings is 1. The van der Waals surface area contributed by atoms with E-state index in [1.165, 1.54) is 23.4 Å². The fourth-order valence-electron chi connectivity index (χ4n) is 3.76. The third-order valence-electron chi connectivity index (χ3n) is 5.61. The third-order valence-corrected chi connectivity index (χ3v) is 6.42. The van der Waals surface area contributed by atoms with Crippen LogP contribution in [-0.4, -0.2) is 66.8 Å². The van der Waals surface area contributed by atoms with Crippen LogP contribution < -0.4 is 16.1 Å². The molecule has 0 atom stereocenters. The van der Waals surface area contributed by atoms with Gasteiger partial charge in [-0.1, -0.05) is 23.9 Å². The molecule has 12 heteroatoms. The van der Waals surface area contributed by atoms with E-state index in [1.54, 1.807) is 11.9 Å². The highest BCUT2D eigenvalue weighted by molar-refractivity contribution is 7.99. The van der Waals surface area contributed by atoms with Crippen LogP contribution in [0, 0.1) is 0 Å². The zero-order chi connectivity index (χ0) is 22.4. The molecule has 1 fully saturated rings. The number of H-pyrrole nitrogens is 1. The molecule has 11 nitrogen and oxygen atoms in total. The number of thioether (sulfide) groups is 1. The van der Waals surface area contributed by atoms with Gasteiger partial charge in [0.2, 0.25) is 11.9 Å². The Morgan fingerprint density at radius 1 is 1.09 bits per heavy atom. The Kier molecular flexibility index (Phi) is 5.00. The SMILES string of the molecule is Cn1c(=O)c2[nH]c(N3CCN(C(=O)CSc4nc5ccccc5o4)CC3)nc2n(C)c1=O. The van der Waals surface area contributed by atoms with Crippen molar-refractivity contribution in [3.8, 4) is 0 Å². The third kappa shape index (κ3) is 3.45. The fraction of sp³-hybridized carbons (Fsp3) is 0.350. The van der Waals surface area contributed by atoms with Crippen LogP contribution in [0.2, 0.25) is 0 Å². The number of imidazole rings is 1. The molecule has 1 aromatic carbocycles. The van der Waals surface area contributed by atoms with Crippen LogP contribution in [0.25, 0.3) is 22.3 Å². The van der Waals surface area contributed by atoms with E-state index in [2.05, 4.69) is 15.0 Å². The van der Waals surface area contributed by atoms with Crippen LogP contribution >= 0.6 is 11.8 Å². The second kappa shape index (κ2) is 7.86. The molecular weight excluding hydrogens is 434 g/mol. The number of nitrogens with one attached hydrogen (secondary N) is 1. The molecule has 0 saturated carbocycles. The van der Waals surface area contributed by atoms with E-state index in [1.807, 2.05) is 29.2 Å². The lowest BCUT2D eigenvalue weighted by Gasteiger charge is -2.34. The average Bonchev–Trinajstić information content (AvgIpc) is 3.44. The quantitative estimate of drug-likeness (QED) is 0.443. The Morgan fingerprint density at radius 2 is 1.84 bits per heavy atom. The number of nitrogens with zero attached hydrogens (tertiary/aromatic N) is 6. The van der Waals surface area contributed by atoms with E-state index in [4.69, 9.17) is 4.42 Å². The summed E-state index contributed by atoms with van der Waals surface area (Å²) in [6, 6.07) is 7.49. The van der Waals surface area contributed by atoms with Gasteiger partial charge in [0, 0.05) is 40.3 Å². The molecule has 0 spiro atoms. The number of para-hydroxylation sites is 2. The summed E-state index contributed by atoms with van der Waals surface area (Å²) in [6.07, 6.45) is 0. The number of benzene rings is 1. The minimum Gasteiger partial charge on any atom is -0.431 e. The molecule has 0 aliphatic carbocycles. The van der Waals surface area contributed by atoms with E-state index >= 15 is 0 Å². The summed E-state index contributed by atoms with van der Waals surface area (Å²) in [7, 11) is 3.02. The Morgan fingerprint density at radius 3 is 2.59 bits per heavy atom. The number of amides is 1. The van der Waals surface area contributed by atoms with Crippen LogP contribution in [-0.2, 0) is 18.9 Å². The minimum atomic E-state index is -0.424. The van der Waals surface area contributed by atoms with Gasteiger partial charge in [-0.3, -0.25) is 18.7 Å². The van der Waals surface area contributed by atoms with Crippen molar-refractivity contribution >= 4 is 45.9 Å². The molecule has 5 rings (SSSR count).